The molecule has 2 N–H and O–H groups in total. The van der Waals surface area contributed by atoms with Crippen molar-refractivity contribution in [3.63, 3.8) is 0 Å². The van der Waals surface area contributed by atoms with Crippen LogP contribution in [0.3, 0.4) is 0 Å². The van der Waals surface area contributed by atoms with Gasteiger partial charge in [0.2, 0.25) is 5.91 Å². The van der Waals surface area contributed by atoms with Crippen molar-refractivity contribution >= 4 is 17.6 Å². The summed E-state index contributed by atoms with van der Waals surface area (Å²) in [6, 6.07) is 5.08. The first-order chi connectivity index (χ1) is 10.6. The molecule has 0 aromatic heterocycles. The molecule has 6 nitrogen and oxygen atoms in total. The van der Waals surface area contributed by atoms with E-state index in [1.807, 2.05) is 6.92 Å². The predicted octanol–water partition coefficient (Wildman–Crippen LogP) is 1.49. The molecule has 1 amide bonds. The minimum atomic E-state index is -0.424. The molecule has 0 saturated carbocycles. The summed E-state index contributed by atoms with van der Waals surface area (Å²) in [6.07, 6.45) is 2.32. The van der Waals surface area contributed by atoms with Gasteiger partial charge in [0.25, 0.3) is 0 Å². The zero-order valence-electron chi connectivity index (χ0n) is 13.0. The van der Waals surface area contributed by atoms with Crippen LogP contribution in [0.1, 0.15) is 28.8 Å². The van der Waals surface area contributed by atoms with Crippen molar-refractivity contribution in [2.75, 3.05) is 32.1 Å². The van der Waals surface area contributed by atoms with Crippen molar-refractivity contribution in [3.05, 3.63) is 29.3 Å². The van der Waals surface area contributed by atoms with Crippen LogP contribution in [0, 0.1) is 6.92 Å². The minimum absolute atomic E-state index is 0.150. The maximum Gasteiger partial charge on any atom is 0.337 e. The standard InChI is InChI=1S/C16H22N2O4/c1-11-5-6-12(16(20)21-2)8-14(11)18-15(19)10-17-9-13-4-3-7-22-13/h5-6,8,13,17H,3-4,7,9-10H2,1-2H3,(H,18,19). The molecule has 0 aliphatic carbocycles. The molecule has 1 unspecified atom stereocenters. The summed E-state index contributed by atoms with van der Waals surface area (Å²) < 4.78 is 10.2. The number of esters is 1. The van der Waals surface area contributed by atoms with Crippen LogP contribution in [-0.2, 0) is 14.3 Å². The fraction of sp³-hybridized carbons (Fsp3) is 0.500. The van der Waals surface area contributed by atoms with Crippen LogP contribution in [0.5, 0.6) is 0 Å². The fourth-order valence-electron chi connectivity index (χ4n) is 2.35. The first-order valence-electron chi connectivity index (χ1n) is 7.41. The third-order valence-corrected chi connectivity index (χ3v) is 3.61. The van der Waals surface area contributed by atoms with E-state index in [1.54, 1.807) is 18.2 Å². The van der Waals surface area contributed by atoms with E-state index in [1.165, 1.54) is 7.11 Å². The number of methoxy groups -OCH3 is 1. The van der Waals surface area contributed by atoms with E-state index in [4.69, 9.17) is 4.74 Å². The summed E-state index contributed by atoms with van der Waals surface area (Å²) in [7, 11) is 1.33. The average Bonchev–Trinajstić information content (AvgIpc) is 3.02. The van der Waals surface area contributed by atoms with Crippen molar-refractivity contribution in [3.8, 4) is 0 Å². The van der Waals surface area contributed by atoms with Gasteiger partial charge in [0.15, 0.2) is 0 Å². The highest BCUT2D eigenvalue weighted by molar-refractivity contribution is 5.96. The summed E-state index contributed by atoms with van der Waals surface area (Å²) in [6.45, 7) is 3.56. The fourth-order valence-corrected chi connectivity index (χ4v) is 2.35. The zero-order chi connectivity index (χ0) is 15.9. The molecule has 1 saturated heterocycles. The van der Waals surface area contributed by atoms with Crippen LogP contribution in [0.4, 0.5) is 5.69 Å². The predicted molar refractivity (Wildman–Crippen MR) is 83.0 cm³/mol. The zero-order valence-corrected chi connectivity index (χ0v) is 13.0. The van der Waals surface area contributed by atoms with Gasteiger partial charge in [-0.25, -0.2) is 4.79 Å². The number of nitrogens with one attached hydrogen (secondary N) is 2. The summed E-state index contributed by atoms with van der Waals surface area (Å²) in [5.74, 6) is -0.574. The largest absolute Gasteiger partial charge is 0.465 e. The molecule has 0 radical (unpaired) electrons. The average molecular weight is 306 g/mol. The smallest absolute Gasteiger partial charge is 0.337 e. The van der Waals surface area contributed by atoms with Gasteiger partial charge in [0.05, 0.1) is 25.3 Å². The third kappa shape index (κ3) is 4.54. The first-order valence-corrected chi connectivity index (χ1v) is 7.41. The summed E-state index contributed by atoms with van der Waals surface area (Å²) >= 11 is 0. The first kappa shape index (κ1) is 16.5. The molecule has 22 heavy (non-hydrogen) atoms. The van der Waals surface area contributed by atoms with E-state index in [0.717, 1.165) is 25.0 Å². The molecular weight excluding hydrogens is 284 g/mol. The maximum atomic E-state index is 12.0. The lowest BCUT2D eigenvalue weighted by molar-refractivity contribution is -0.115. The van der Waals surface area contributed by atoms with Gasteiger partial charge in [-0.15, -0.1) is 0 Å². The minimum Gasteiger partial charge on any atom is -0.465 e. The van der Waals surface area contributed by atoms with Gasteiger partial charge in [0.1, 0.15) is 0 Å². The number of carbonyl (C=O) groups is 2. The lowest BCUT2D eigenvalue weighted by Gasteiger charge is -2.12. The highest BCUT2D eigenvalue weighted by Crippen LogP contribution is 2.17. The highest BCUT2D eigenvalue weighted by atomic mass is 16.5. The Bertz CT molecular complexity index is 539. The molecule has 1 aliphatic heterocycles. The quantitative estimate of drug-likeness (QED) is 0.779. The molecule has 0 spiro atoms. The SMILES string of the molecule is COC(=O)c1ccc(C)c(NC(=O)CNCC2CCCO2)c1. The number of carbonyl (C=O) groups excluding carboxylic acids is 2. The Balaban J connectivity index is 1.86. The topological polar surface area (TPSA) is 76.7 Å². The molecule has 120 valence electrons. The molecule has 1 aliphatic rings. The lowest BCUT2D eigenvalue weighted by Crippen LogP contribution is -2.33. The number of amides is 1. The van der Waals surface area contributed by atoms with Crippen molar-refractivity contribution in [1.82, 2.24) is 5.32 Å². The monoisotopic (exact) mass is 306 g/mol. The van der Waals surface area contributed by atoms with E-state index >= 15 is 0 Å². The van der Waals surface area contributed by atoms with Crippen LogP contribution in [-0.4, -0.2) is 44.8 Å². The van der Waals surface area contributed by atoms with Gasteiger partial charge >= 0.3 is 5.97 Å². The molecule has 1 atom stereocenters. The number of ether oxygens (including phenoxy) is 2. The van der Waals surface area contributed by atoms with E-state index in [9.17, 15) is 9.59 Å². The number of hydrogen-bond acceptors (Lipinski definition) is 5. The van der Waals surface area contributed by atoms with Crippen molar-refractivity contribution in [1.29, 1.82) is 0 Å². The molecule has 1 aromatic carbocycles. The van der Waals surface area contributed by atoms with Crippen molar-refractivity contribution in [2.24, 2.45) is 0 Å². The normalized spacial score (nSPS) is 17.3. The maximum absolute atomic E-state index is 12.0. The summed E-state index contributed by atoms with van der Waals surface area (Å²) in [4.78, 5) is 23.5. The molecule has 1 aromatic rings. The number of aryl methyl sites for hydroxylation is 1. The molecule has 1 fully saturated rings. The summed E-state index contributed by atoms with van der Waals surface area (Å²) in [5, 5.41) is 5.89. The molecule has 0 bridgehead atoms. The molecule has 6 heteroatoms. The van der Waals surface area contributed by atoms with Crippen LogP contribution in [0.2, 0.25) is 0 Å². The Morgan fingerprint density at radius 3 is 2.91 bits per heavy atom. The third-order valence-electron chi connectivity index (χ3n) is 3.61. The Morgan fingerprint density at radius 1 is 1.41 bits per heavy atom. The Labute approximate surface area is 130 Å². The second-order valence-corrected chi connectivity index (χ2v) is 5.34. The molecule has 2 rings (SSSR count). The van der Waals surface area contributed by atoms with Crippen LogP contribution < -0.4 is 10.6 Å². The summed E-state index contributed by atoms with van der Waals surface area (Å²) in [5.41, 5.74) is 1.92. The van der Waals surface area contributed by atoms with Gasteiger partial charge in [-0.05, 0) is 37.5 Å². The highest BCUT2D eigenvalue weighted by Gasteiger charge is 2.15. The van der Waals surface area contributed by atoms with Crippen LogP contribution in [0.15, 0.2) is 18.2 Å². The number of anilines is 1. The van der Waals surface area contributed by atoms with E-state index in [0.29, 0.717) is 17.8 Å². The van der Waals surface area contributed by atoms with Gasteiger partial charge in [0, 0.05) is 18.8 Å². The van der Waals surface area contributed by atoms with Gasteiger partial charge in [-0.1, -0.05) is 6.07 Å². The lowest BCUT2D eigenvalue weighted by atomic mass is 10.1. The number of rotatable bonds is 6. The van der Waals surface area contributed by atoms with Gasteiger partial charge in [-0.2, -0.15) is 0 Å². The number of benzene rings is 1. The van der Waals surface area contributed by atoms with Crippen LogP contribution >= 0.6 is 0 Å². The second kappa shape index (κ2) is 7.91. The Kier molecular flexibility index (Phi) is 5.91. The van der Waals surface area contributed by atoms with E-state index in [-0.39, 0.29) is 18.6 Å². The van der Waals surface area contributed by atoms with Crippen molar-refractivity contribution in [2.45, 2.75) is 25.9 Å². The van der Waals surface area contributed by atoms with Crippen LogP contribution in [0.25, 0.3) is 0 Å². The second-order valence-electron chi connectivity index (χ2n) is 5.34. The van der Waals surface area contributed by atoms with E-state index in [2.05, 4.69) is 15.4 Å². The van der Waals surface area contributed by atoms with Gasteiger partial charge < -0.3 is 20.1 Å². The Morgan fingerprint density at radius 2 is 2.23 bits per heavy atom. The van der Waals surface area contributed by atoms with Crippen molar-refractivity contribution < 1.29 is 19.1 Å². The number of hydrogen-bond donors (Lipinski definition) is 2. The van der Waals surface area contributed by atoms with E-state index < -0.39 is 5.97 Å². The van der Waals surface area contributed by atoms with Gasteiger partial charge in [-0.3, -0.25) is 4.79 Å². The molecule has 1 heterocycles. The Hall–Kier alpha value is -1.92. The molecular formula is C16H22N2O4.